The molecule has 0 aromatic rings. The molecule has 2 rings (SSSR count). The topological polar surface area (TPSA) is 37.4 Å². The lowest BCUT2D eigenvalue weighted by Gasteiger charge is -2.34. The van der Waals surface area contributed by atoms with Gasteiger partial charge in [-0.05, 0) is 32.1 Å². The Morgan fingerprint density at radius 1 is 1.32 bits per heavy atom. The molecule has 1 saturated heterocycles. The third kappa shape index (κ3) is 3.18. The summed E-state index contributed by atoms with van der Waals surface area (Å²) in [6.07, 6.45) is 8.03. The number of rotatable bonds is 4. The Bertz CT molecular complexity index is 340. The van der Waals surface area contributed by atoms with Gasteiger partial charge in [0, 0.05) is 30.8 Å². The summed E-state index contributed by atoms with van der Waals surface area (Å²) in [6, 6.07) is 0.208. The molecule has 3 unspecified atom stereocenters. The molecule has 1 aliphatic carbocycles. The SMILES string of the molecule is CCCC(C)C(=O)N1CCCC1C1CCCCC1=O. The molecule has 1 aliphatic heterocycles. The number of likely N-dealkylation sites (tertiary alicyclic amines) is 1. The van der Waals surface area contributed by atoms with Crippen LogP contribution in [0.4, 0.5) is 0 Å². The van der Waals surface area contributed by atoms with Crippen LogP contribution in [0.25, 0.3) is 0 Å². The van der Waals surface area contributed by atoms with E-state index in [1.54, 1.807) is 0 Å². The van der Waals surface area contributed by atoms with Gasteiger partial charge in [-0.2, -0.15) is 0 Å². The standard InChI is InChI=1S/C16H27NO2/c1-3-7-12(2)16(19)17-11-6-9-14(17)13-8-4-5-10-15(13)18/h12-14H,3-11H2,1-2H3. The van der Waals surface area contributed by atoms with Crippen molar-refractivity contribution in [2.45, 2.75) is 71.3 Å². The number of nitrogens with zero attached hydrogens (tertiary/aromatic N) is 1. The lowest BCUT2D eigenvalue weighted by Crippen LogP contribution is -2.45. The molecule has 1 saturated carbocycles. The minimum atomic E-state index is 0.115. The number of hydrogen-bond acceptors (Lipinski definition) is 2. The van der Waals surface area contributed by atoms with Gasteiger partial charge in [-0.1, -0.05) is 26.7 Å². The highest BCUT2D eigenvalue weighted by Crippen LogP contribution is 2.33. The van der Waals surface area contributed by atoms with E-state index in [0.717, 1.165) is 57.9 Å². The summed E-state index contributed by atoms with van der Waals surface area (Å²) in [5.41, 5.74) is 0. The zero-order chi connectivity index (χ0) is 13.8. The van der Waals surface area contributed by atoms with Gasteiger partial charge in [0.05, 0.1) is 0 Å². The van der Waals surface area contributed by atoms with Crippen LogP contribution in [0, 0.1) is 11.8 Å². The zero-order valence-corrected chi connectivity index (χ0v) is 12.4. The van der Waals surface area contributed by atoms with Gasteiger partial charge in [-0.3, -0.25) is 9.59 Å². The predicted octanol–water partition coefficient (Wildman–Crippen LogP) is 3.17. The van der Waals surface area contributed by atoms with Gasteiger partial charge in [-0.25, -0.2) is 0 Å². The van der Waals surface area contributed by atoms with E-state index in [9.17, 15) is 9.59 Å². The van der Waals surface area contributed by atoms with Crippen molar-refractivity contribution in [3.63, 3.8) is 0 Å². The minimum absolute atomic E-state index is 0.115. The number of ketones is 1. The van der Waals surface area contributed by atoms with Crippen molar-refractivity contribution in [3.8, 4) is 0 Å². The quantitative estimate of drug-likeness (QED) is 0.783. The molecule has 0 bridgehead atoms. The number of amides is 1. The third-order valence-corrected chi connectivity index (χ3v) is 4.79. The van der Waals surface area contributed by atoms with Gasteiger partial charge in [0.2, 0.25) is 5.91 Å². The van der Waals surface area contributed by atoms with Crippen LogP contribution in [0.1, 0.15) is 65.2 Å². The molecule has 0 N–H and O–H groups in total. The fraction of sp³-hybridized carbons (Fsp3) is 0.875. The van der Waals surface area contributed by atoms with Crippen molar-refractivity contribution in [2.24, 2.45) is 11.8 Å². The first kappa shape index (κ1) is 14.5. The van der Waals surface area contributed by atoms with E-state index >= 15 is 0 Å². The molecular weight excluding hydrogens is 238 g/mol. The second kappa shape index (κ2) is 6.53. The molecule has 1 heterocycles. The Morgan fingerprint density at radius 3 is 2.79 bits per heavy atom. The second-order valence-electron chi connectivity index (χ2n) is 6.25. The fourth-order valence-corrected chi connectivity index (χ4v) is 3.74. The summed E-state index contributed by atoms with van der Waals surface area (Å²) in [4.78, 5) is 26.7. The van der Waals surface area contributed by atoms with Crippen LogP contribution in [0.3, 0.4) is 0 Å². The number of carbonyl (C=O) groups excluding carboxylic acids is 2. The zero-order valence-electron chi connectivity index (χ0n) is 12.4. The minimum Gasteiger partial charge on any atom is -0.339 e. The number of Topliss-reactive ketones (excluding diaryl/α,β-unsaturated/α-hetero) is 1. The Balaban J connectivity index is 2.03. The number of carbonyl (C=O) groups is 2. The van der Waals surface area contributed by atoms with Gasteiger partial charge in [0.15, 0.2) is 0 Å². The maximum atomic E-state index is 12.5. The van der Waals surface area contributed by atoms with Crippen molar-refractivity contribution in [1.29, 1.82) is 0 Å². The highest BCUT2D eigenvalue weighted by Gasteiger charge is 2.39. The summed E-state index contributed by atoms with van der Waals surface area (Å²) < 4.78 is 0. The molecule has 0 radical (unpaired) electrons. The molecule has 3 nitrogen and oxygen atoms in total. The normalized spacial score (nSPS) is 29.6. The third-order valence-electron chi connectivity index (χ3n) is 4.79. The number of hydrogen-bond donors (Lipinski definition) is 0. The van der Waals surface area contributed by atoms with E-state index in [0.29, 0.717) is 5.78 Å². The van der Waals surface area contributed by atoms with Crippen LogP contribution in [0.5, 0.6) is 0 Å². The van der Waals surface area contributed by atoms with E-state index in [-0.39, 0.29) is 23.8 Å². The first-order valence-electron chi connectivity index (χ1n) is 7.98. The van der Waals surface area contributed by atoms with Gasteiger partial charge < -0.3 is 4.90 Å². The summed E-state index contributed by atoms with van der Waals surface area (Å²) in [7, 11) is 0. The van der Waals surface area contributed by atoms with Gasteiger partial charge in [0.1, 0.15) is 5.78 Å². The largest absolute Gasteiger partial charge is 0.339 e. The summed E-state index contributed by atoms with van der Waals surface area (Å²) in [5, 5.41) is 0. The molecule has 2 fully saturated rings. The van der Waals surface area contributed by atoms with E-state index in [4.69, 9.17) is 0 Å². The monoisotopic (exact) mass is 265 g/mol. The average molecular weight is 265 g/mol. The van der Waals surface area contributed by atoms with Crippen molar-refractivity contribution < 1.29 is 9.59 Å². The molecule has 0 aromatic heterocycles. The summed E-state index contributed by atoms with van der Waals surface area (Å²) in [6.45, 7) is 5.02. The molecule has 0 spiro atoms. The van der Waals surface area contributed by atoms with E-state index in [1.165, 1.54) is 0 Å². The van der Waals surface area contributed by atoms with Gasteiger partial charge in [-0.15, -0.1) is 0 Å². The van der Waals surface area contributed by atoms with E-state index < -0.39 is 0 Å². The molecular formula is C16H27NO2. The van der Waals surface area contributed by atoms with Crippen molar-refractivity contribution in [3.05, 3.63) is 0 Å². The molecule has 3 heteroatoms. The average Bonchev–Trinajstić information content (AvgIpc) is 2.87. The molecule has 0 aromatic carbocycles. The summed E-state index contributed by atoms with van der Waals surface area (Å²) >= 11 is 0. The second-order valence-corrected chi connectivity index (χ2v) is 6.25. The van der Waals surface area contributed by atoms with Crippen molar-refractivity contribution in [2.75, 3.05) is 6.54 Å². The van der Waals surface area contributed by atoms with Crippen LogP contribution in [-0.4, -0.2) is 29.2 Å². The van der Waals surface area contributed by atoms with Crippen molar-refractivity contribution >= 4 is 11.7 Å². The lowest BCUT2D eigenvalue weighted by molar-refractivity contribution is -0.139. The van der Waals surface area contributed by atoms with E-state index in [2.05, 4.69) is 6.92 Å². The van der Waals surface area contributed by atoms with Crippen LogP contribution in [0.15, 0.2) is 0 Å². The van der Waals surface area contributed by atoms with Crippen molar-refractivity contribution in [1.82, 2.24) is 4.90 Å². The smallest absolute Gasteiger partial charge is 0.225 e. The van der Waals surface area contributed by atoms with Crippen LogP contribution in [-0.2, 0) is 9.59 Å². The summed E-state index contributed by atoms with van der Waals surface area (Å²) in [5.74, 6) is 0.931. The Morgan fingerprint density at radius 2 is 2.11 bits per heavy atom. The maximum Gasteiger partial charge on any atom is 0.225 e. The van der Waals surface area contributed by atoms with E-state index in [1.807, 2.05) is 11.8 Å². The fourth-order valence-electron chi connectivity index (χ4n) is 3.74. The van der Waals surface area contributed by atoms with Gasteiger partial charge >= 0.3 is 0 Å². The molecule has 108 valence electrons. The Kier molecular flexibility index (Phi) is 5.00. The predicted molar refractivity (Wildman–Crippen MR) is 75.8 cm³/mol. The lowest BCUT2D eigenvalue weighted by atomic mass is 9.81. The Hall–Kier alpha value is -0.860. The Labute approximate surface area is 116 Å². The van der Waals surface area contributed by atoms with Gasteiger partial charge in [0.25, 0.3) is 0 Å². The van der Waals surface area contributed by atoms with Crippen LogP contribution >= 0.6 is 0 Å². The highest BCUT2D eigenvalue weighted by atomic mass is 16.2. The molecule has 19 heavy (non-hydrogen) atoms. The first-order chi connectivity index (χ1) is 9.15. The van der Waals surface area contributed by atoms with Crippen LogP contribution < -0.4 is 0 Å². The van der Waals surface area contributed by atoms with Crippen LogP contribution in [0.2, 0.25) is 0 Å². The molecule has 3 atom stereocenters. The first-order valence-corrected chi connectivity index (χ1v) is 7.98. The maximum absolute atomic E-state index is 12.5. The molecule has 1 amide bonds. The molecule has 2 aliphatic rings. The highest BCUT2D eigenvalue weighted by molar-refractivity contribution is 5.84.